The zero-order valence-corrected chi connectivity index (χ0v) is 8.13. The number of carboxylic acids is 1. The van der Waals surface area contributed by atoms with E-state index in [-0.39, 0.29) is 17.3 Å². The first-order valence-corrected chi connectivity index (χ1v) is 4.25. The molecule has 4 nitrogen and oxygen atoms in total. The molecule has 0 spiro atoms. The number of nitrogens with zero attached hydrogens (tertiary/aromatic N) is 1. The molecular weight excluding hydrogens is 230 g/mol. The summed E-state index contributed by atoms with van der Waals surface area (Å²) in [6, 6.07) is 0. The summed E-state index contributed by atoms with van der Waals surface area (Å²) in [4.78, 5) is 14.3. The molecule has 0 fully saturated rings. The highest BCUT2D eigenvalue weighted by Crippen LogP contribution is 2.29. The van der Waals surface area contributed by atoms with Gasteiger partial charge in [-0.15, -0.1) is 0 Å². The Bertz CT molecular complexity index is 398. The van der Waals surface area contributed by atoms with Crippen LogP contribution in [0.1, 0.15) is 28.0 Å². The van der Waals surface area contributed by atoms with Crippen LogP contribution in [0.3, 0.4) is 0 Å². The van der Waals surface area contributed by atoms with Gasteiger partial charge in [0.25, 0.3) is 6.43 Å². The SMILES string of the molecule is NCc1ncc(C(F)F)c(C(=O)O)c1Cl. The van der Waals surface area contributed by atoms with Crippen LogP contribution in [0, 0.1) is 0 Å². The van der Waals surface area contributed by atoms with Gasteiger partial charge in [0.15, 0.2) is 0 Å². The Morgan fingerprint density at radius 3 is 2.67 bits per heavy atom. The quantitative estimate of drug-likeness (QED) is 0.839. The highest BCUT2D eigenvalue weighted by Gasteiger charge is 2.23. The van der Waals surface area contributed by atoms with Crippen molar-refractivity contribution in [1.29, 1.82) is 0 Å². The van der Waals surface area contributed by atoms with Crippen LogP contribution in [0.5, 0.6) is 0 Å². The summed E-state index contributed by atoms with van der Waals surface area (Å²) in [5.74, 6) is -1.52. The van der Waals surface area contributed by atoms with Crippen molar-refractivity contribution in [2.45, 2.75) is 13.0 Å². The number of aromatic carboxylic acids is 1. The number of rotatable bonds is 3. The van der Waals surface area contributed by atoms with E-state index in [1.54, 1.807) is 0 Å². The zero-order chi connectivity index (χ0) is 11.6. The molecule has 0 amide bonds. The average Bonchev–Trinajstić information content (AvgIpc) is 2.16. The first-order chi connectivity index (χ1) is 6.99. The maximum atomic E-state index is 12.4. The standard InChI is InChI=1S/C8H7ClF2N2O2/c9-6-4(1-12)13-2-3(7(10)11)5(6)8(14)15/h2,7H,1,12H2,(H,14,15). The lowest BCUT2D eigenvalue weighted by Gasteiger charge is -2.09. The molecule has 0 atom stereocenters. The summed E-state index contributed by atoms with van der Waals surface area (Å²) < 4.78 is 24.8. The normalized spacial score (nSPS) is 10.7. The van der Waals surface area contributed by atoms with E-state index in [0.717, 1.165) is 6.20 Å². The van der Waals surface area contributed by atoms with Crippen LogP contribution in [-0.4, -0.2) is 16.1 Å². The van der Waals surface area contributed by atoms with Crippen molar-refractivity contribution in [3.63, 3.8) is 0 Å². The summed E-state index contributed by atoms with van der Waals surface area (Å²) in [5, 5.41) is 8.40. The third-order valence-electron chi connectivity index (χ3n) is 1.76. The highest BCUT2D eigenvalue weighted by molar-refractivity contribution is 6.34. The number of aromatic nitrogens is 1. The van der Waals surface area contributed by atoms with Crippen molar-refractivity contribution in [2.75, 3.05) is 0 Å². The van der Waals surface area contributed by atoms with E-state index in [4.69, 9.17) is 22.4 Å². The van der Waals surface area contributed by atoms with Crippen molar-refractivity contribution in [3.8, 4) is 0 Å². The van der Waals surface area contributed by atoms with Gasteiger partial charge in [0.1, 0.15) is 0 Å². The molecule has 3 N–H and O–H groups in total. The van der Waals surface area contributed by atoms with Gasteiger partial charge < -0.3 is 10.8 Å². The van der Waals surface area contributed by atoms with Crippen molar-refractivity contribution >= 4 is 17.6 Å². The Hall–Kier alpha value is -1.27. The van der Waals surface area contributed by atoms with E-state index >= 15 is 0 Å². The predicted molar refractivity (Wildman–Crippen MR) is 49.1 cm³/mol. The minimum Gasteiger partial charge on any atom is -0.478 e. The lowest BCUT2D eigenvalue weighted by Crippen LogP contribution is -2.10. The Morgan fingerprint density at radius 2 is 2.27 bits per heavy atom. The van der Waals surface area contributed by atoms with Crippen LogP contribution in [0.15, 0.2) is 6.20 Å². The summed E-state index contributed by atoms with van der Waals surface area (Å²) >= 11 is 5.60. The van der Waals surface area contributed by atoms with Crippen LogP contribution < -0.4 is 5.73 Å². The average molecular weight is 237 g/mol. The van der Waals surface area contributed by atoms with Gasteiger partial charge >= 0.3 is 5.97 Å². The van der Waals surface area contributed by atoms with E-state index in [1.807, 2.05) is 0 Å². The number of nitrogens with two attached hydrogens (primary N) is 1. The predicted octanol–water partition coefficient (Wildman–Crippen LogP) is 1.83. The fourth-order valence-electron chi connectivity index (χ4n) is 1.06. The largest absolute Gasteiger partial charge is 0.478 e. The van der Waals surface area contributed by atoms with Crippen LogP contribution in [0.25, 0.3) is 0 Å². The highest BCUT2D eigenvalue weighted by atomic mass is 35.5. The molecule has 0 unspecified atom stereocenters. The molecule has 0 aromatic carbocycles. The summed E-state index contributed by atoms with van der Waals surface area (Å²) in [6.07, 6.45) is -2.16. The molecular formula is C8H7ClF2N2O2. The lowest BCUT2D eigenvalue weighted by atomic mass is 10.1. The number of hydrogen-bond acceptors (Lipinski definition) is 3. The van der Waals surface area contributed by atoms with Crippen molar-refractivity contribution in [2.24, 2.45) is 5.73 Å². The Morgan fingerprint density at radius 1 is 1.67 bits per heavy atom. The number of hydrogen-bond donors (Lipinski definition) is 2. The van der Waals surface area contributed by atoms with Gasteiger partial charge in [-0.25, -0.2) is 13.6 Å². The van der Waals surface area contributed by atoms with Gasteiger partial charge in [-0.3, -0.25) is 4.98 Å². The second-order valence-electron chi connectivity index (χ2n) is 2.66. The fraction of sp³-hybridized carbons (Fsp3) is 0.250. The second kappa shape index (κ2) is 4.50. The molecule has 1 aromatic rings. The Balaban J connectivity index is 3.44. The van der Waals surface area contributed by atoms with Gasteiger partial charge in [-0.1, -0.05) is 11.6 Å². The molecule has 15 heavy (non-hydrogen) atoms. The molecule has 0 bridgehead atoms. The molecule has 0 aliphatic carbocycles. The van der Waals surface area contributed by atoms with E-state index in [2.05, 4.69) is 4.98 Å². The van der Waals surface area contributed by atoms with E-state index < -0.39 is 23.5 Å². The van der Waals surface area contributed by atoms with E-state index in [9.17, 15) is 13.6 Å². The third-order valence-corrected chi connectivity index (χ3v) is 2.17. The van der Waals surface area contributed by atoms with Crippen LogP contribution in [0.2, 0.25) is 5.02 Å². The minimum absolute atomic E-state index is 0.0819. The first kappa shape index (κ1) is 11.8. The lowest BCUT2D eigenvalue weighted by molar-refractivity contribution is 0.0684. The van der Waals surface area contributed by atoms with Crippen molar-refractivity contribution in [1.82, 2.24) is 4.98 Å². The summed E-state index contributed by atoms with van der Waals surface area (Å²) in [6.45, 7) is -0.109. The Kier molecular flexibility index (Phi) is 3.54. The number of carbonyl (C=O) groups is 1. The van der Waals surface area contributed by atoms with Crippen LogP contribution in [-0.2, 0) is 6.54 Å². The molecule has 0 aliphatic heterocycles. The molecule has 0 saturated carbocycles. The van der Waals surface area contributed by atoms with Crippen LogP contribution in [0.4, 0.5) is 8.78 Å². The molecule has 1 heterocycles. The van der Waals surface area contributed by atoms with Gasteiger partial charge in [-0.05, 0) is 0 Å². The zero-order valence-electron chi connectivity index (χ0n) is 7.38. The maximum Gasteiger partial charge on any atom is 0.337 e. The Labute approximate surface area is 88.7 Å². The topological polar surface area (TPSA) is 76.2 Å². The second-order valence-corrected chi connectivity index (χ2v) is 3.04. The fourth-order valence-corrected chi connectivity index (χ4v) is 1.38. The van der Waals surface area contributed by atoms with E-state index in [1.165, 1.54) is 0 Å². The number of alkyl halides is 2. The van der Waals surface area contributed by atoms with Crippen molar-refractivity contribution < 1.29 is 18.7 Å². The van der Waals surface area contributed by atoms with Crippen LogP contribution >= 0.6 is 11.6 Å². The molecule has 0 radical (unpaired) electrons. The number of carboxylic acid groups (broad SMARTS) is 1. The van der Waals surface area contributed by atoms with Gasteiger partial charge in [0, 0.05) is 12.7 Å². The minimum atomic E-state index is -2.94. The van der Waals surface area contributed by atoms with Gasteiger partial charge in [0.2, 0.25) is 0 Å². The smallest absolute Gasteiger partial charge is 0.337 e. The molecule has 1 aromatic heterocycles. The van der Waals surface area contributed by atoms with Gasteiger partial charge in [0.05, 0.1) is 21.8 Å². The summed E-state index contributed by atoms with van der Waals surface area (Å²) in [5.41, 5.74) is 3.96. The monoisotopic (exact) mass is 236 g/mol. The molecule has 0 saturated heterocycles. The third kappa shape index (κ3) is 2.21. The number of halogens is 3. The van der Waals surface area contributed by atoms with Crippen molar-refractivity contribution in [3.05, 3.63) is 28.0 Å². The first-order valence-electron chi connectivity index (χ1n) is 3.87. The molecule has 0 aliphatic rings. The summed E-state index contributed by atoms with van der Waals surface area (Å²) in [7, 11) is 0. The van der Waals surface area contributed by atoms with Gasteiger partial charge in [-0.2, -0.15) is 0 Å². The maximum absolute atomic E-state index is 12.4. The van der Waals surface area contributed by atoms with E-state index in [0.29, 0.717) is 0 Å². The molecule has 1 rings (SSSR count). The molecule has 7 heteroatoms. The molecule has 82 valence electrons. The number of pyridine rings is 1.